The second kappa shape index (κ2) is 6.55. The average molecular weight is 246 g/mol. The van der Waals surface area contributed by atoms with Gasteiger partial charge in [0, 0.05) is 10.9 Å². The summed E-state index contributed by atoms with van der Waals surface area (Å²) >= 11 is 1.81. The van der Waals surface area contributed by atoms with E-state index in [1.165, 1.54) is 10.4 Å². The lowest BCUT2D eigenvalue weighted by atomic mass is 10.0. The molecular weight excluding hydrogens is 228 g/mol. The maximum absolute atomic E-state index is 5.61. The van der Waals surface area contributed by atoms with Crippen LogP contribution in [0.15, 0.2) is 47.8 Å². The fraction of sp³-hybridized carbons (Fsp3) is 0.286. The summed E-state index contributed by atoms with van der Waals surface area (Å²) in [4.78, 5) is 1.43. The highest BCUT2D eigenvalue weighted by Crippen LogP contribution is 2.13. The van der Waals surface area contributed by atoms with Gasteiger partial charge in [-0.05, 0) is 36.3 Å². The number of nitrogens with two attached hydrogens (primary N) is 1. The van der Waals surface area contributed by atoms with Gasteiger partial charge in [-0.25, -0.2) is 0 Å². The first kappa shape index (κ1) is 12.3. The Bertz CT molecular complexity index is 411. The minimum atomic E-state index is 0.347. The van der Waals surface area contributed by atoms with Crippen molar-refractivity contribution < 1.29 is 0 Å². The molecule has 0 aliphatic carbocycles. The van der Waals surface area contributed by atoms with Crippen molar-refractivity contribution in [3.05, 3.63) is 58.3 Å². The molecule has 0 fully saturated rings. The van der Waals surface area contributed by atoms with E-state index in [9.17, 15) is 0 Å². The summed E-state index contributed by atoms with van der Waals surface area (Å²) in [5.74, 6) is 5.61. The average Bonchev–Trinajstić information content (AvgIpc) is 2.89. The molecule has 0 radical (unpaired) electrons. The number of hydrazine groups is 1. The Morgan fingerprint density at radius 2 is 1.94 bits per heavy atom. The van der Waals surface area contributed by atoms with E-state index < -0.39 is 0 Å². The summed E-state index contributed by atoms with van der Waals surface area (Å²) in [5.41, 5.74) is 4.25. The van der Waals surface area contributed by atoms with Gasteiger partial charge in [0.2, 0.25) is 0 Å². The SMILES string of the molecule is NNC(CCc1cccs1)Cc1ccccc1. The van der Waals surface area contributed by atoms with Crippen LogP contribution in [0.3, 0.4) is 0 Å². The van der Waals surface area contributed by atoms with Crippen molar-refractivity contribution in [1.82, 2.24) is 5.43 Å². The molecule has 0 aliphatic heterocycles. The van der Waals surface area contributed by atoms with Crippen molar-refractivity contribution in [1.29, 1.82) is 0 Å². The predicted molar refractivity (Wildman–Crippen MR) is 73.9 cm³/mol. The molecule has 0 saturated heterocycles. The van der Waals surface area contributed by atoms with Crippen LogP contribution in [0.25, 0.3) is 0 Å². The summed E-state index contributed by atoms with van der Waals surface area (Å²) in [6.45, 7) is 0. The molecule has 1 atom stereocenters. The molecule has 3 N–H and O–H groups in total. The first-order valence-corrected chi connectivity index (χ1v) is 6.79. The Kier molecular flexibility index (Phi) is 4.74. The summed E-state index contributed by atoms with van der Waals surface area (Å²) < 4.78 is 0. The first-order valence-electron chi connectivity index (χ1n) is 5.91. The summed E-state index contributed by atoms with van der Waals surface area (Å²) in [5, 5.41) is 2.12. The van der Waals surface area contributed by atoms with E-state index >= 15 is 0 Å². The van der Waals surface area contributed by atoms with Gasteiger partial charge < -0.3 is 0 Å². The Hall–Kier alpha value is -1.16. The fourth-order valence-electron chi connectivity index (χ4n) is 1.91. The second-order valence-corrected chi connectivity index (χ2v) is 5.20. The Labute approximate surface area is 106 Å². The van der Waals surface area contributed by atoms with Crippen LogP contribution >= 0.6 is 11.3 Å². The van der Waals surface area contributed by atoms with Crippen molar-refractivity contribution >= 4 is 11.3 Å². The van der Waals surface area contributed by atoms with E-state index in [0.717, 1.165) is 19.3 Å². The lowest BCUT2D eigenvalue weighted by molar-refractivity contribution is 0.493. The molecule has 1 aromatic heterocycles. The molecule has 17 heavy (non-hydrogen) atoms. The number of benzene rings is 1. The number of thiophene rings is 1. The first-order chi connectivity index (χ1) is 8.38. The molecule has 1 unspecified atom stereocenters. The molecule has 0 aliphatic rings. The zero-order valence-corrected chi connectivity index (χ0v) is 10.6. The molecular formula is C14H18N2S. The molecule has 0 saturated carbocycles. The van der Waals surface area contributed by atoms with Gasteiger partial charge in [-0.2, -0.15) is 0 Å². The van der Waals surface area contributed by atoms with Gasteiger partial charge in [-0.1, -0.05) is 36.4 Å². The van der Waals surface area contributed by atoms with Crippen molar-refractivity contribution in [2.45, 2.75) is 25.3 Å². The Balaban J connectivity index is 1.85. The quantitative estimate of drug-likeness (QED) is 0.607. The summed E-state index contributed by atoms with van der Waals surface area (Å²) in [6.07, 6.45) is 3.16. The van der Waals surface area contributed by atoms with Crippen LogP contribution in [0.1, 0.15) is 16.9 Å². The molecule has 2 aromatic rings. The smallest absolute Gasteiger partial charge is 0.0254 e. The van der Waals surface area contributed by atoms with Crippen LogP contribution in [0, 0.1) is 0 Å². The minimum Gasteiger partial charge on any atom is -0.271 e. The van der Waals surface area contributed by atoms with Crippen LogP contribution in [0.4, 0.5) is 0 Å². The molecule has 2 nitrogen and oxygen atoms in total. The van der Waals surface area contributed by atoms with E-state index in [0.29, 0.717) is 6.04 Å². The van der Waals surface area contributed by atoms with Gasteiger partial charge in [0.25, 0.3) is 0 Å². The largest absolute Gasteiger partial charge is 0.271 e. The van der Waals surface area contributed by atoms with E-state index in [1.807, 2.05) is 17.4 Å². The van der Waals surface area contributed by atoms with Gasteiger partial charge in [0.05, 0.1) is 0 Å². The van der Waals surface area contributed by atoms with Crippen molar-refractivity contribution in [2.75, 3.05) is 0 Å². The normalized spacial score (nSPS) is 12.5. The third-order valence-corrected chi connectivity index (χ3v) is 3.82. The van der Waals surface area contributed by atoms with Crippen LogP contribution in [0.2, 0.25) is 0 Å². The van der Waals surface area contributed by atoms with Crippen molar-refractivity contribution in [2.24, 2.45) is 5.84 Å². The molecule has 3 heteroatoms. The topological polar surface area (TPSA) is 38.0 Å². The van der Waals surface area contributed by atoms with Crippen LogP contribution in [-0.2, 0) is 12.8 Å². The molecule has 1 heterocycles. The standard InChI is InChI=1S/C14H18N2S/c15-16-13(8-9-14-7-4-10-17-14)11-12-5-2-1-3-6-12/h1-7,10,13,16H,8-9,11,15H2. The van der Waals surface area contributed by atoms with Crippen LogP contribution in [-0.4, -0.2) is 6.04 Å². The zero-order valence-electron chi connectivity index (χ0n) is 9.80. The highest BCUT2D eigenvalue weighted by Gasteiger charge is 2.08. The van der Waals surface area contributed by atoms with Gasteiger partial charge in [0.15, 0.2) is 0 Å². The van der Waals surface area contributed by atoms with E-state index in [1.54, 1.807) is 0 Å². The van der Waals surface area contributed by atoms with E-state index in [2.05, 4.69) is 47.2 Å². The Morgan fingerprint density at radius 3 is 2.59 bits per heavy atom. The minimum absolute atomic E-state index is 0.347. The van der Waals surface area contributed by atoms with Gasteiger partial charge in [-0.15, -0.1) is 11.3 Å². The number of hydrogen-bond acceptors (Lipinski definition) is 3. The summed E-state index contributed by atoms with van der Waals surface area (Å²) in [6, 6.07) is 15.1. The fourth-order valence-corrected chi connectivity index (χ4v) is 2.64. The highest BCUT2D eigenvalue weighted by molar-refractivity contribution is 7.09. The molecule has 0 amide bonds. The van der Waals surface area contributed by atoms with E-state index in [-0.39, 0.29) is 0 Å². The molecule has 0 bridgehead atoms. The van der Waals surface area contributed by atoms with Crippen molar-refractivity contribution in [3.8, 4) is 0 Å². The summed E-state index contributed by atoms with van der Waals surface area (Å²) in [7, 11) is 0. The Morgan fingerprint density at radius 1 is 1.12 bits per heavy atom. The third kappa shape index (κ3) is 3.97. The molecule has 2 rings (SSSR count). The van der Waals surface area contributed by atoms with Crippen LogP contribution < -0.4 is 11.3 Å². The lowest BCUT2D eigenvalue weighted by Crippen LogP contribution is -2.37. The number of hydrogen-bond donors (Lipinski definition) is 2. The lowest BCUT2D eigenvalue weighted by Gasteiger charge is -2.15. The van der Waals surface area contributed by atoms with E-state index in [4.69, 9.17) is 5.84 Å². The van der Waals surface area contributed by atoms with Gasteiger partial charge in [-0.3, -0.25) is 11.3 Å². The second-order valence-electron chi connectivity index (χ2n) is 4.17. The number of aryl methyl sites for hydroxylation is 1. The molecule has 90 valence electrons. The van der Waals surface area contributed by atoms with Crippen molar-refractivity contribution in [3.63, 3.8) is 0 Å². The molecule has 1 aromatic carbocycles. The monoisotopic (exact) mass is 246 g/mol. The third-order valence-electron chi connectivity index (χ3n) is 2.88. The van der Waals surface area contributed by atoms with Gasteiger partial charge >= 0.3 is 0 Å². The predicted octanol–water partition coefficient (Wildman–Crippen LogP) is 2.76. The van der Waals surface area contributed by atoms with Gasteiger partial charge in [0.1, 0.15) is 0 Å². The number of nitrogens with one attached hydrogen (secondary N) is 1. The zero-order chi connectivity index (χ0) is 11.9. The maximum atomic E-state index is 5.61. The van der Waals surface area contributed by atoms with Crippen LogP contribution in [0.5, 0.6) is 0 Å². The highest BCUT2D eigenvalue weighted by atomic mass is 32.1. The number of rotatable bonds is 6. The maximum Gasteiger partial charge on any atom is 0.0254 e. The molecule has 0 spiro atoms.